The SMILES string of the molecule is Cc1ccc(CNC(=O)[C@]2(C)CCCN(C(=O)Nc3ccc(Cl)cc3)C2)cc1. The van der Waals surface area contributed by atoms with E-state index in [2.05, 4.69) is 10.6 Å². The Morgan fingerprint density at radius 2 is 1.79 bits per heavy atom. The van der Waals surface area contributed by atoms with Gasteiger partial charge in [0.1, 0.15) is 0 Å². The van der Waals surface area contributed by atoms with Crippen molar-refractivity contribution < 1.29 is 9.59 Å². The number of aryl methyl sites for hydroxylation is 1. The molecule has 1 saturated heterocycles. The van der Waals surface area contributed by atoms with E-state index in [-0.39, 0.29) is 11.9 Å². The summed E-state index contributed by atoms with van der Waals surface area (Å²) in [6, 6.07) is 14.9. The molecule has 6 heteroatoms. The maximum Gasteiger partial charge on any atom is 0.321 e. The first-order valence-corrected chi connectivity index (χ1v) is 9.89. The normalized spacial score (nSPS) is 19.2. The molecule has 0 bridgehead atoms. The number of carbonyl (C=O) groups excluding carboxylic acids is 2. The second-order valence-corrected chi connectivity index (χ2v) is 8.13. The Morgan fingerprint density at radius 1 is 1.11 bits per heavy atom. The van der Waals surface area contributed by atoms with Gasteiger partial charge in [-0.2, -0.15) is 0 Å². The first-order chi connectivity index (χ1) is 13.4. The summed E-state index contributed by atoms with van der Waals surface area (Å²) in [6.45, 7) is 5.49. The molecule has 1 aliphatic heterocycles. The van der Waals surface area contributed by atoms with Gasteiger partial charge < -0.3 is 15.5 Å². The molecule has 1 atom stereocenters. The van der Waals surface area contributed by atoms with Crippen molar-refractivity contribution in [2.24, 2.45) is 5.41 Å². The Hall–Kier alpha value is -2.53. The van der Waals surface area contributed by atoms with Gasteiger partial charge in [0.2, 0.25) is 5.91 Å². The van der Waals surface area contributed by atoms with Crippen molar-refractivity contribution >= 4 is 29.2 Å². The minimum Gasteiger partial charge on any atom is -0.351 e. The zero-order valence-electron chi connectivity index (χ0n) is 16.3. The Morgan fingerprint density at radius 3 is 2.46 bits per heavy atom. The van der Waals surface area contributed by atoms with E-state index in [1.807, 2.05) is 38.1 Å². The van der Waals surface area contributed by atoms with Crippen LogP contribution in [0, 0.1) is 12.3 Å². The number of anilines is 1. The topological polar surface area (TPSA) is 61.4 Å². The minimum atomic E-state index is -0.597. The van der Waals surface area contributed by atoms with Gasteiger partial charge in [0.05, 0.1) is 5.41 Å². The van der Waals surface area contributed by atoms with Crippen molar-refractivity contribution in [2.75, 3.05) is 18.4 Å². The van der Waals surface area contributed by atoms with Gasteiger partial charge in [0, 0.05) is 30.3 Å². The maximum atomic E-state index is 12.8. The number of nitrogens with zero attached hydrogens (tertiary/aromatic N) is 1. The third-order valence-electron chi connectivity index (χ3n) is 5.20. The summed E-state index contributed by atoms with van der Waals surface area (Å²) in [5, 5.41) is 6.53. The van der Waals surface area contributed by atoms with E-state index >= 15 is 0 Å². The van der Waals surface area contributed by atoms with Gasteiger partial charge in [-0.15, -0.1) is 0 Å². The highest BCUT2D eigenvalue weighted by Crippen LogP contribution is 2.30. The number of benzene rings is 2. The molecule has 1 fully saturated rings. The van der Waals surface area contributed by atoms with Crippen LogP contribution in [0.3, 0.4) is 0 Å². The second-order valence-electron chi connectivity index (χ2n) is 7.69. The number of piperidine rings is 1. The number of likely N-dealkylation sites (tertiary alicyclic amines) is 1. The van der Waals surface area contributed by atoms with Crippen LogP contribution in [-0.2, 0) is 11.3 Å². The Balaban J connectivity index is 1.58. The highest BCUT2D eigenvalue weighted by atomic mass is 35.5. The van der Waals surface area contributed by atoms with E-state index in [0.717, 1.165) is 18.4 Å². The molecule has 3 amide bonds. The lowest BCUT2D eigenvalue weighted by Crippen LogP contribution is -2.52. The average Bonchev–Trinajstić information content (AvgIpc) is 2.69. The molecule has 3 rings (SSSR count). The lowest BCUT2D eigenvalue weighted by Gasteiger charge is -2.39. The third-order valence-corrected chi connectivity index (χ3v) is 5.45. The van der Waals surface area contributed by atoms with Crippen molar-refractivity contribution in [3.05, 3.63) is 64.7 Å². The van der Waals surface area contributed by atoms with Crippen LogP contribution in [0.2, 0.25) is 5.02 Å². The fourth-order valence-corrected chi connectivity index (χ4v) is 3.56. The van der Waals surface area contributed by atoms with Crippen LogP contribution in [0.5, 0.6) is 0 Å². The number of rotatable bonds is 4. The van der Waals surface area contributed by atoms with Gasteiger partial charge in [-0.3, -0.25) is 4.79 Å². The molecule has 28 heavy (non-hydrogen) atoms. The summed E-state index contributed by atoms with van der Waals surface area (Å²) in [5.74, 6) is -0.0166. The smallest absolute Gasteiger partial charge is 0.321 e. The van der Waals surface area contributed by atoms with Gasteiger partial charge in [-0.25, -0.2) is 4.79 Å². The van der Waals surface area contributed by atoms with E-state index in [9.17, 15) is 9.59 Å². The van der Waals surface area contributed by atoms with Gasteiger partial charge >= 0.3 is 6.03 Å². The Kier molecular flexibility index (Phi) is 6.25. The number of amides is 3. The van der Waals surface area contributed by atoms with Crippen molar-refractivity contribution in [3.8, 4) is 0 Å². The molecule has 5 nitrogen and oxygen atoms in total. The van der Waals surface area contributed by atoms with Gasteiger partial charge in [-0.05, 0) is 56.5 Å². The highest BCUT2D eigenvalue weighted by Gasteiger charge is 2.39. The number of urea groups is 1. The molecule has 2 N–H and O–H groups in total. The molecule has 0 aromatic heterocycles. The predicted octanol–water partition coefficient (Wildman–Crippen LogP) is 4.60. The molecule has 1 aliphatic rings. The van der Waals surface area contributed by atoms with Crippen LogP contribution < -0.4 is 10.6 Å². The molecule has 0 radical (unpaired) electrons. The number of hydrogen-bond acceptors (Lipinski definition) is 2. The largest absolute Gasteiger partial charge is 0.351 e. The third kappa shape index (κ3) is 5.04. The van der Waals surface area contributed by atoms with Crippen molar-refractivity contribution in [1.82, 2.24) is 10.2 Å². The van der Waals surface area contributed by atoms with Gasteiger partial charge in [-0.1, -0.05) is 41.4 Å². The van der Waals surface area contributed by atoms with E-state index in [0.29, 0.717) is 30.3 Å². The van der Waals surface area contributed by atoms with Crippen molar-refractivity contribution in [2.45, 2.75) is 33.2 Å². The van der Waals surface area contributed by atoms with Crippen LogP contribution in [-0.4, -0.2) is 29.9 Å². The maximum absolute atomic E-state index is 12.8. The van der Waals surface area contributed by atoms with Crippen molar-refractivity contribution in [1.29, 1.82) is 0 Å². The summed E-state index contributed by atoms with van der Waals surface area (Å²) in [7, 11) is 0. The van der Waals surface area contributed by atoms with E-state index < -0.39 is 5.41 Å². The molecule has 0 saturated carbocycles. The molecule has 0 aliphatic carbocycles. The van der Waals surface area contributed by atoms with Crippen LogP contribution >= 0.6 is 11.6 Å². The Labute approximate surface area is 171 Å². The molecule has 2 aromatic carbocycles. The quantitative estimate of drug-likeness (QED) is 0.789. The van der Waals surface area contributed by atoms with Crippen LogP contribution in [0.1, 0.15) is 30.9 Å². The van der Waals surface area contributed by atoms with Gasteiger partial charge in [0.15, 0.2) is 0 Å². The number of hydrogen-bond donors (Lipinski definition) is 2. The highest BCUT2D eigenvalue weighted by molar-refractivity contribution is 6.30. The molecule has 1 heterocycles. The zero-order chi connectivity index (χ0) is 20.1. The number of halogens is 1. The predicted molar refractivity (Wildman–Crippen MR) is 112 cm³/mol. The fraction of sp³-hybridized carbons (Fsp3) is 0.364. The average molecular weight is 400 g/mol. The lowest BCUT2D eigenvalue weighted by molar-refractivity contribution is -0.132. The van der Waals surface area contributed by atoms with E-state index in [1.54, 1.807) is 29.2 Å². The molecular formula is C22H26ClN3O2. The van der Waals surface area contributed by atoms with Crippen LogP contribution in [0.15, 0.2) is 48.5 Å². The van der Waals surface area contributed by atoms with Gasteiger partial charge in [0.25, 0.3) is 0 Å². The standard InChI is InChI=1S/C22H26ClN3O2/c1-16-4-6-17(7-5-16)14-24-20(27)22(2)12-3-13-26(15-22)21(28)25-19-10-8-18(23)9-11-19/h4-11H,3,12-15H2,1-2H3,(H,24,27)(H,25,28)/t22-/m1/s1. The molecule has 148 valence electrons. The van der Waals surface area contributed by atoms with Crippen LogP contribution in [0.25, 0.3) is 0 Å². The first kappa shape index (κ1) is 20.2. The minimum absolute atomic E-state index is 0.0166. The summed E-state index contributed by atoms with van der Waals surface area (Å²) >= 11 is 5.88. The Bertz CT molecular complexity index is 836. The van der Waals surface area contributed by atoms with E-state index in [1.165, 1.54) is 5.56 Å². The summed E-state index contributed by atoms with van der Waals surface area (Å²) in [6.07, 6.45) is 1.56. The second kappa shape index (κ2) is 8.65. The molecular weight excluding hydrogens is 374 g/mol. The summed E-state index contributed by atoms with van der Waals surface area (Å²) < 4.78 is 0. The molecule has 2 aromatic rings. The summed E-state index contributed by atoms with van der Waals surface area (Å²) in [5.41, 5.74) is 2.35. The molecule has 0 spiro atoms. The zero-order valence-corrected chi connectivity index (χ0v) is 17.1. The monoisotopic (exact) mass is 399 g/mol. The molecule has 0 unspecified atom stereocenters. The lowest BCUT2D eigenvalue weighted by atomic mass is 9.81. The van der Waals surface area contributed by atoms with Crippen molar-refractivity contribution in [3.63, 3.8) is 0 Å². The van der Waals surface area contributed by atoms with E-state index in [4.69, 9.17) is 11.6 Å². The number of nitrogens with one attached hydrogen (secondary N) is 2. The fourth-order valence-electron chi connectivity index (χ4n) is 3.44. The van der Waals surface area contributed by atoms with Crippen LogP contribution in [0.4, 0.5) is 10.5 Å². The number of carbonyl (C=O) groups is 2. The summed E-state index contributed by atoms with van der Waals surface area (Å²) in [4.78, 5) is 27.2. The first-order valence-electron chi connectivity index (χ1n) is 9.51.